The van der Waals surface area contributed by atoms with E-state index in [1.54, 1.807) is 12.0 Å². The van der Waals surface area contributed by atoms with Gasteiger partial charge in [-0.05, 0) is 38.1 Å². The molecule has 2 aromatic heterocycles. The molecule has 1 fully saturated rings. The lowest BCUT2D eigenvalue weighted by molar-refractivity contribution is -0.141. The Kier molecular flexibility index (Phi) is 7.46. The number of carbonyl (C=O) groups excluding carboxylic acids is 1. The summed E-state index contributed by atoms with van der Waals surface area (Å²) in [5, 5.41) is 2.60. The van der Waals surface area contributed by atoms with Crippen molar-refractivity contribution >= 4 is 22.6 Å². The average Bonchev–Trinajstić information content (AvgIpc) is 2.83. The summed E-state index contributed by atoms with van der Waals surface area (Å²) in [6, 6.07) is 3.79. The van der Waals surface area contributed by atoms with Crippen molar-refractivity contribution in [2.45, 2.75) is 46.0 Å². The number of benzene rings is 1. The summed E-state index contributed by atoms with van der Waals surface area (Å²) in [6.45, 7) is 7.73. The monoisotopic (exact) mass is 535 g/mol. The van der Waals surface area contributed by atoms with Crippen LogP contribution in [0.15, 0.2) is 29.1 Å². The Hall–Kier alpha value is -3.54. The molecule has 8 nitrogen and oxygen atoms in total. The third-order valence-corrected chi connectivity index (χ3v) is 6.87. The van der Waals surface area contributed by atoms with Crippen LogP contribution in [0.25, 0.3) is 11.0 Å². The SMILES string of the molecule is COC1C(C)CN(C(=O)c2ccc(NC(C)c3cc4c(=O)[nH]c(C)nc4nc3C(F)(F)F)c(F)c2)CC1C. The number of alkyl halides is 3. The van der Waals surface area contributed by atoms with E-state index in [2.05, 4.69) is 20.3 Å². The molecule has 1 saturated heterocycles. The van der Waals surface area contributed by atoms with Crippen molar-refractivity contribution in [1.29, 1.82) is 0 Å². The maximum absolute atomic E-state index is 15.1. The van der Waals surface area contributed by atoms with E-state index in [1.165, 1.54) is 26.0 Å². The number of anilines is 1. The van der Waals surface area contributed by atoms with Gasteiger partial charge in [-0.2, -0.15) is 13.2 Å². The van der Waals surface area contributed by atoms with Gasteiger partial charge in [-0.25, -0.2) is 14.4 Å². The predicted molar refractivity (Wildman–Crippen MR) is 133 cm³/mol. The number of piperidine rings is 1. The van der Waals surface area contributed by atoms with Crippen molar-refractivity contribution in [2.24, 2.45) is 11.8 Å². The third kappa shape index (κ3) is 5.35. The smallest absolute Gasteiger partial charge is 0.381 e. The van der Waals surface area contributed by atoms with Gasteiger partial charge in [-0.1, -0.05) is 13.8 Å². The Morgan fingerprint density at radius 2 is 1.84 bits per heavy atom. The van der Waals surface area contributed by atoms with E-state index in [-0.39, 0.29) is 57.5 Å². The van der Waals surface area contributed by atoms with E-state index in [4.69, 9.17) is 4.74 Å². The highest BCUT2D eigenvalue weighted by atomic mass is 19.4. The molecule has 0 bridgehead atoms. The molecule has 1 amide bonds. The van der Waals surface area contributed by atoms with E-state index in [9.17, 15) is 22.8 Å². The summed E-state index contributed by atoms with van der Waals surface area (Å²) < 4.78 is 62.1. The van der Waals surface area contributed by atoms with E-state index in [0.29, 0.717) is 13.1 Å². The number of aromatic nitrogens is 3. The molecule has 2 N–H and O–H groups in total. The van der Waals surface area contributed by atoms with Gasteiger partial charge in [-0.15, -0.1) is 0 Å². The van der Waals surface area contributed by atoms with Gasteiger partial charge < -0.3 is 19.9 Å². The summed E-state index contributed by atoms with van der Waals surface area (Å²) in [7, 11) is 1.64. The van der Waals surface area contributed by atoms with Crippen LogP contribution in [0.2, 0.25) is 0 Å². The van der Waals surface area contributed by atoms with Crippen molar-refractivity contribution in [3.63, 3.8) is 0 Å². The minimum absolute atomic E-state index is 0.0189. The fourth-order valence-corrected chi connectivity index (χ4v) is 5.17. The number of rotatable bonds is 5. The number of carbonyl (C=O) groups is 1. The van der Waals surface area contributed by atoms with Gasteiger partial charge in [0.25, 0.3) is 11.5 Å². The van der Waals surface area contributed by atoms with Gasteiger partial charge in [0.2, 0.25) is 0 Å². The number of amides is 1. The zero-order valence-electron chi connectivity index (χ0n) is 21.6. The van der Waals surface area contributed by atoms with Gasteiger partial charge in [-0.3, -0.25) is 9.59 Å². The molecule has 1 aliphatic heterocycles. The Morgan fingerprint density at radius 3 is 2.42 bits per heavy atom. The lowest BCUT2D eigenvalue weighted by atomic mass is 9.88. The molecule has 3 unspecified atom stereocenters. The standard InChI is InChI=1S/C26H29F4N5O3/c1-12-10-35(11-13(2)21(12)38-5)25(37)16-6-7-20(19(27)8-16)31-14(3)17-9-18-23(32-15(4)33-24(18)36)34-22(17)26(28,29)30/h6-9,12-14,21,31H,10-11H2,1-5H3,(H,32,33,34,36). The van der Waals surface area contributed by atoms with Crippen LogP contribution in [0, 0.1) is 24.6 Å². The number of nitrogens with one attached hydrogen (secondary N) is 2. The number of nitrogens with zero attached hydrogens (tertiary/aromatic N) is 3. The summed E-state index contributed by atoms with van der Waals surface area (Å²) in [4.78, 5) is 37.0. The molecule has 3 atom stereocenters. The van der Waals surface area contributed by atoms with Crippen molar-refractivity contribution in [1.82, 2.24) is 19.9 Å². The number of hydrogen-bond donors (Lipinski definition) is 2. The molecule has 12 heteroatoms. The van der Waals surface area contributed by atoms with E-state index in [0.717, 1.165) is 12.1 Å². The molecule has 3 aromatic rings. The molecule has 1 aromatic carbocycles. The molecule has 0 saturated carbocycles. The number of hydrogen-bond acceptors (Lipinski definition) is 6. The van der Waals surface area contributed by atoms with E-state index < -0.39 is 29.3 Å². The van der Waals surface area contributed by atoms with Crippen molar-refractivity contribution in [3.05, 3.63) is 63.1 Å². The zero-order valence-corrected chi connectivity index (χ0v) is 21.6. The van der Waals surface area contributed by atoms with Crippen LogP contribution >= 0.6 is 0 Å². The number of ether oxygens (including phenoxy) is 1. The number of methoxy groups -OCH3 is 1. The summed E-state index contributed by atoms with van der Waals surface area (Å²) in [6.07, 6.45) is -4.82. The lowest BCUT2D eigenvalue weighted by Gasteiger charge is -2.40. The molecule has 38 heavy (non-hydrogen) atoms. The number of fused-ring (bicyclic) bond motifs is 1. The molecule has 0 aliphatic carbocycles. The topological polar surface area (TPSA) is 100 Å². The number of H-pyrrole nitrogens is 1. The highest BCUT2D eigenvalue weighted by molar-refractivity contribution is 5.94. The Labute approximate surface area is 216 Å². The van der Waals surface area contributed by atoms with Crippen LogP contribution in [0.5, 0.6) is 0 Å². The second kappa shape index (κ2) is 10.3. The zero-order chi connectivity index (χ0) is 27.9. The first kappa shape index (κ1) is 27.5. The van der Waals surface area contributed by atoms with E-state index in [1.807, 2.05) is 13.8 Å². The largest absolute Gasteiger partial charge is 0.433 e. The molecule has 0 radical (unpaired) electrons. The normalized spacial score (nSPS) is 21.0. The highest BCUT2D eigenvalue weighted by Crippen LogP contribution is 2.36. The first-order valence-electron chi connectivity index (χ1n) is 12.2. The van der Waals surface area contributed by atoms with Crippen LogP contribution in [0.3, 0.4) is 0 Å². The number of likely N-dealkylation sites (tertiary alicyclic amines) is 1. The number of halogens is 4. The quantitative estimate of drug-likeness (QED) is 0.460. The van der Waals surface area contributed by atoms with Crippen molar-refractivity contribution in [3.8, 4) is 0 Å². The molecule has 204 valence electrons. The molecule has 0 spiro atoms. The maximum Gasteiger partial charge on any atom is 0.433 e. The average molecular weight is 536 g/mol. The van der Waals surface area contributed by atoms with Gasteiger partial charge in [0.15, 0.2) is 11.3 Å². The van der Waals surface area contributed by atoms with Crippen LogP contribution in [0.4, 0.5) is 23.2 Å². The summed E-state index contributed by atoms with van der Waals surface area (Å²) in [5.41, 5.74) is -2.50. The molecule has 4 rings (SSSR count). The van der Waals surface area contributed by atoms with Gasteiger partial charge in [0.1, 0.15) is 11.6 Å². The Balaban J connectivity index is 1.60. The fourth-order valence-electron chi connectivity index (χ4n) is 5.17. The minimum atomic E-state index is -4.84. The maximum atomic E-state index is 15.1. The summed E-state index contributed by atoms with van der Waals surface area (Å²) >= 11 is 0. The predicted octanol–water partition coefficient (Wildman–Crippen LogP) is 4.70. The molecule has 1 aliphatic rings. The van der Waals surface area contributed by atoms with Gasteiger partial charge in [0, 0.05) is 43.2 Å². The Morgan fingerprint density at radius 1 is 1.18 bits per heavy atom. The first-order valence-corrected chi connectivity index (χ1v) is 12.2. The lowest BCUT2D eigenvalue weighted by Crippen LogP contribution is -2.50. The minimum Gasteiger partial charge on any atom is -0.381 e. The third-order valence-electron chi connectivity index (χ3n) is 6.87. The second-order valence-electron chi connectivity index (χ2n) is 9.87. The van der Waals surface area contributed by atoms with Crippen LogP contribution in [0.1, 0.15) is 54.3 Å². The van der Waals surface area contributed by atoms with E-state index >= 15 is 4.39 Å². The van der Waals surface area contributed by atoms with Crippen LogP contribution in [-0.4, -0.2) is 52.1 Å². The number of aromatic amines is 1. The number of pyridine rings is 1. The van der Waals surface area contributed by atoms with Gasteiger partial charge in [0.05, 0.1) is 23.2 Å². The highest BCUT2D eigenvalue weighted by Gasteiger charge is 2.38. The summed E-state index contributed by atoms with van der Waals surface area (Å²) in [5.74, 6) is -0.802. The molecular weight excluding hydrogens is 506 g/mol. The fraction of sp³-hybridized carbons (Fsp3) is 0.462. The molecular formula is C26H29F4N5O3. The van der Waals surface area contributed by atoms with Crippen LogP contribution < -0.4 is 10.9 Å². The van der Waals surface area contributed by atoms with Crippen LogP contribution in [-0.2, 0) is 10.9 Å². The van der Waals surface area contributed by atoms with Crippen molar-refractivity contribution < 1.29 is 27.1 Å². The first-order chi connectivity index (χ1) is 17.8. The van der Waals surface area contributed by atoms with Crippen molar-refractivity contribution in [2.75, 3.05) is 25.5 Å². The second-order valence-corrected chi connectivity index (χ2v) is 9.87. The molecule has 3 heterocycles. The Bertz CT molecular complexity index is 1410. The van der Waals surface area contributed by atoms with Gasteiger partial charge >= 0.3 is 6.18 Å². The number of aryl methyl sites for hydroxylation is 1.